The second kappa shape index (κ2) is 10.8. The smallest absolute Gasteiger partial charge is 0.335 e. The number of fused-ring (bicyclic) bond motifs is 2. The number of ether oxygens (including phenoxy) is 1. The molecule has 174 valence electrons. The molecule has 1 N–H and O–H groups in total. The number of hydrogen-bond donors (Lipinski definition) is 1. The molecule has 0 atom stereocenters. The van der Waals surface area contributed by atoms with Crippen LogP contribution in [0.1, 0.15) is 12.5 Å². The van der Waals surface area contributed by atoms with Crippen molar-refractivity contribution in [2.75, 3.05) is 6.61 Å². The molecule has 0 saturated carbocycles. The van der Waals surface area contributed by atoms with Gasteiger partial charge in [-0.2, -0.15) is 8.42 Å². The number of hydrogen-bond acceptors (Lipinski definition) is 6. The number of phenolic OH excluding ortho intramolecular Hbond substituents is 1. The van der Waals surface area contributed by atoms with Crippen molar-refractivity contribution in [1.82, 2.24) is 0 Å². The summed E-state index contributed by atoms with van der Waals surface area (Å²) in [5, 5.41) is 13.5. The minimum absolute atomic E-state index is 0.116. The number of carbonyl (C=O) groups is 1. The van der Waals surface area contributed by atoms with Crippen LogP contribution in [-0.2, 0) is 19.1 Å². The highest BCUT2D eigenvalue weighted by Crippen LogP contribution is 2.39. The third-order valence-corrected chi connectivity index (χ3v) is 6.27. The number of aromatic hydroxyl groups is 1. The predicted molar refractivity (Wildman–Crippen MR) is 134 cm³/mol. The highest BCUT2D eigenvalue weighted by Gasteiger charge is 2.13. The molecule has 0 heterocycles. The van der Waals surface area contributed by atoms with Crippen molar-refractivity contribution in [1.29, 1.82) is 0 Å². The van der Waals surface area contributed by atoms with Crippen LogP contribution in [-0.4, -0.2) is 26.1 Å². The highest BCUT2D eigenvalue weighted by atomic mass is 32.2. The van der Waals surface area contributed by atoms with E-state index in [2.05, 4.69) is 17.3 Å². The molecule has 0 fully saturated rings. The SMILES string of the molecule is C=CC(=O)Oc1cccc2cc3ccccc3c(O)c12.C=Cc1ccc(S(=O)(=O)OCC)cc1. The average Bonchev–Trinajstić information content (AvgIpc) is 2.84. The lowest BCUT2D eigenvalue weighted by atomic mass is 10.0. The van der Waals surface area contributed by atoms with Crippen molar-refractivity contribution < 1.29 is 27.2 Å². The lowest BCUT2D eigenvalue weighted by molar-refractivity contribution is -0.128. The van der Waals surface area contributed by atoms with E-state index in [9.17, 15) is 18.3 Å². The van der Waals surface area contributed by atoms with Gasteiger partial charge in [-0.15, -0.1) is 0 Å². The van der Waals surface area contributed by atoms with E-state index < -0.39 is 16.1 Å². The molecule has 0 spiro atoms. The molecular formula is C27H24O6S. The number of benzene rings is 4. The molecule has 4 aromatic rings. The summed E-state index contributed by atoms with van der Waals surface area (Å²) < 4.78 is 32.6. The Kier molecular flexibility index (Phi) is 7.83. The maximum Gasteiger partial charge on any atom is 0.335 e. The lowest BCUT2D eigenvalue weighted by Gasteiger charge is -2.10. The number of esters is 1. The van der Waals surface area contributed by atoms with Gasteiger partial charge in [0.2, 0.25) is 0 Å². The van der Waals surface area contributed by atoms with E-state index in [-0.39, 0.29) is 17.3 Å². The van der Waals surface area contributed by atoms with Crippen molar-refractivity contribution in [3.05, 3.63) is 97.6 Å². The molecule has 0 aliphatic heterocycles. The largest absolute Gasteiger partial charge is 0.507 e. The topological polar surface area (TPSA) is 89.9 Å². The van der Waals surface area contributed by atoms with Crippen LogP contribution in [0, 0.1) is 0 Å². The molecule has 34 heavy (non-hydrogen) atoms. The Labute approximate surface area is 198 Å². The Bertz CT molecular complexity index is 1450. The van der Waals surface area contributed by atoms with Gasteiger partial charge >= 0.3 is 5.97 Å². The van der Waals surface area contributed by atoms with Crippen molar-refractivity contribution in [3.8, 4) is 11.5 Å². The van der Waals surface area contributed by atoms with Crippen LogP contribution in [0.2, 0.25) is 0 Å². The summed E-state index contributed by atoms with van der Waals surface area (Å²) in [6, 6.07) is 21.1. The van der Waals surface area contributed by atoms with E-state index in [1.807, 2.05) is 36.4 Å². The van der Waals surface area contributed by atoms with Crippen LogP contribution < -0.4 is 4.74 Å². The standard InChI is InChI=1S/C17H12O3.C10H12O3S/c1-2-15(18)20-14-9-5-7-12-10-11-6-3-4-8-13(11)17(19)16(12)14;1-3-9-5-7-10(8-6-9)14(11,12)13-4-2/h2-10,19H,1H2;3,5-8H,1,4H2,2H3. The Balaban J connectivity index is 0.000000204. The van der Waals surface area contributed by atoms with Gasteiger partial charge in [0.25, 0.3) is 10.1 Å². The van der Waals surface area contributed by atoms with Crippen LogP contribution in [0.4, 0.5) is 0 Å². The van der Waals surface area contributed by atoms with Crippen LogP contribution in [0.25, 0.3) is 27.6 Å². The Morgan fingerprint density at radius 1 is 0.971 bits per heavy atom. The van der Waals surface area contributed by atoms with Gasteiger partial charge in [-0.05, 0) is 47.5 Å². The fourth-order valence-electron chi connectivity index (χ4n) is 3.29. The van der Waals surface area contributed by atoms with Gasteiger partial charge in [0.05, 0.1) is 16.9 Å². The Morgan fingerprint density at radius 2 is 1.65 bits per heavy atom. The van der Waals surface area contributed by atoms with Gasteiger partial charge in [-0.25, -0.2) is 4.79 Å². The van der Waals surface area contributed by atoms with Crippen molar-refractivity contribution in [2.45, 2.75) is 11.8 Å². The summed E-state index contributed by atoms with van der Waals surface area (Å²) in [6.07, 6.45) is 2.74. The van der Waals surface area contributed by atoms with Crippen LogP contribution >= 0.6 is 0 Å². The lowest BCUT2D eigenvalue weighted by Crippen LogP contribution is -2.05. The third kappa shape index (κ3) is 5.51. The molecule has 0 radical (unpaired) electrons. The minimum Gasteiger partial charge on any atom is -0.507 e. The number of phenols is 1. The van der Waals surface area contributed by atoms with Crippen molar-refractivity contribution >= 4 is 43.7 Å². The van der Waals surface area contributed by atoms with E-state index >= 15 is 0 Å². The van der Waals surface area contributed by atoms with Crippen LogP contribution in [0.3, 0.4) is 0 Å². The molecule has 0 amide bonds. The summed E-state index contributed by atoms with van der Waals surface area (Å²) in [7, 11) is -3.57. The van der Waals surface area contributed by atoms with Crippen molar-refractivity contribution in [3.63, 3.8) is 0 Å². The summed E-state index contributed by atoms with van der Waals surface area (Å²) in [5.74, 6) is -0.105. The van der Waals surface area contributed by atoms with Gasteiger partial charge in [0.1, 0.15) is 11.5 Å². The second-order valence-corrected chi connectivity index (χ2v) is 8.67. The first-order valence-corrected chi connectivity index (χ1v) is 11.8. The van der Waals surface area contributed by atoms with Crippen molar-refractivity contribution in [2.24, 2.45) is 0 Å². The predicted octanol–water partition coefficient (Wildman–Crippen LogP) is 5.84. The van der Waals surface area contributed by atoms with Crippen LogP contribution in [0.5, 0.6) is 11.5 Å². The van der Waals surface area contributed by atoms with Gasteiger partial charge < -0.3 is 9.84 Å². The minimum atomic E-state index is -3.57. The average molecular weight is 477 g/mol. The van der Waals surface area contributed by atoms with E-state index in [0.29, 0.717) is 11.1 Å². The molecule has 6 nitrogen and oxygen atoms in total. The second-order valence-electron chi connectivity index (χ2n) is 7.06. The first-order chi connectivity index (χ1) is 16.3. The summed E-state index contributed by atoms with van der Waals surface area (Å²) in [6.45, 7) is 8.73. The molecule has 7 heteroatoms. The highest BCUT2D eigenvalue weighted by molar-refractivity contribution is 7.86. The zero-order valence-corrected chi connectivity index (χ0v) is 19.4. The molecular weight excluding hydrogens is 452 g/mol. The van der Waals surface area contributed by atoms with E-state index in [4.69, 9.17) is 4.74 Å². The monoisotopic (exact) mass is 476 g/mol. The summed E-state index contributed by atoms with van der Waals surface area (Å²) >= 11 is 0. The zero-order chi connectivity index (χ0) is 24.7. The molecule has 0 aromatic heterocycles. The Morgan fingerprint density at radius 3 is 2.29 bits per heavy atom. The molecule has 0 aliphatic carbocycles. The fraction of sp³-hybridized carbons (Fsp3) is 0.0741. The van der Waals surface area contributed by atoms with E-state index in [0.717, 1.165) is 27.8 Å². The fourth-order valence-corrected chi connectivity index (χ4v) is 4.21. The number of carbonyl (C=O) groups excluding carboxylic acids is 1. The third-order valence-electron chi connectivity index (χ3n) is 4.88. The maximum absolute atomic E-state index is 11.4. The Hall–Kier alpha value is -3.94. The normalized spacial score (nSPS) is 10.9. The van der Waals surface area contributed by atoms with Gasteiger partial charge in [-0.1, -0.05) is 67.8 Å². The maximum atomic E-state index is 11.4. The summed E-state index contributed by atoms with van der Waals surface area (Å²) in [4.78, 5) is 11.5. The van der Waals surface area contributed by atoms with Gasteiger partial charge in [0.15, 0.2) is 0 Å². The number of rotatable bonds is 6. The first kappa shape index (κ1) is 24.7. The zero-order valence-electron chi connectivity index (χ0n) is 18.6. The first-order valence-electron chi connectivity index (χ1n) is 10.4. The van der Waals surface area contributed by atoms with Crippen LogP contribution in [0.15, 0.2) is 96.9 Å². The molecule has 0 saturated heterocycles. The van der Waals surface area contributed by atoms with E-state index in [1.54, 1.807) is 37.3 Å². The molecule has 0 unspecified atom stereocenters. The molecule has 0 bridgehead atoms. The molecule has 4 aromatic carbocycles. The quantitative estimate of drug-likeness (QED) is 0.124. The summed E-state index contributed by atoms with van der Waals surface area (Å²) in [5.41, 5.74) is 0.875. The molecule has 0 aliphatic rings. The molecule has 4 rings (SSSR count). The van der Waals surface area contributed by atoms with E-state index in [1.165, 1.54) is 12.1 Å². The van der Waals surface area contributed by atoms with Gasteiger partial charge in [-0.3, -0.25) is 4.18 Å². The van der Waals surface area contributed by atoms with Gasteiger partial charge in [0, 0.05) is 11.5 Å².